The molecule has 4 rings (SSSR count). The number of likely N-dealkylation sites (tertiary alicyclic amines) is 1. The van der Waals surface area contributed by atoms with Crippen molar-refractivity contribution >= 4 is 6.03 Å². The highest BCUT2D eigenvalue weighted by Crippen LogP contribution is 2.30. The van der Waals surface area contributed by atoms with E-state index in [0.29, 0.717) is 24.8 Å². The van der Waals surface area contributed by atoms with Gasteiger partial charge < -0.3 is 14.7 Å². The molecule has 29 heavy (non-hydrogen) atoms. The maximum absolute atomic E-state index is 13.1. The number of nitrogens with zero attached hydrogens (tertiary/aromatic N) is 4. The molecular weight excluding hydrogens is 373 g/mol. The second kappa shape index (κ2) is 8.81. The zero-order valence-corrected chi connectivity index (χ0v) is 15.9. The smallest absolute Gasteiger partial charge is 0.318 e. The lowest BCUT2D eigenvalue weighted by Crippen LogP contribution is -2.42. The van der Waals surface area contributed by atoms with Crippen molar-refractivity contribution in [3.8, 4) is 11.4 Å². The highest BCUT2D eigenvalue weighted by atomic mass is 19.1. The first kappa shape index (κ1) is 19.0. The van der Waals surface area contributed by atoms with E-state index < -0.39 is 0 Å². The van der Waals surface area contributed by atoms with Gasteiger partial charge in [0.05, 0.1) is 0 Å². The van der Waals surface area contributed by atoms with E-state index in [-0.39, 0.29) is 17.9 Å². The summed E-state index contributed by atoms with van der Waals surface area (Å²) in [6.07, 6.45) is 7.07. The fourth-order valence-electron chi connectivity index (χ4n) is 3.47. The van der Waals surface area contributed by atoms with Crippen molar-refractivity contribution in [2.75, 3.05) is 6.54 Å². The van der Waals surface area contributed by atoms with Crippen LogP contribution in [0.5, 0.6) is 0 Å². The van der Waals surface area contributed by atoms with Gasteiger partial charge in [0.25, 0.3) is 0 Å². The first-order valence-corrected chi connectivity index (χ1v) is 9.73. The molecule has 1 aliphatic rings. The van der Waals surface area contributed by atoms with Crippen LogP contribution in [0.4, 0.5) is 9.18 Å². The van der Waals surface area contributed by atoms with Crippen LogP contribution in [0.15, 0.2) is 53.3 Å². The van der Waals surface area contributed by atoms with E-state index in [1.807, 2.05) is 12.1 Å². The molecule has 0 radical (unpaired) electrons. The lowest BCUT2D eigenvalue weighted by Gasteiger charge is -2.27. The Kier molecular flexibility index (Phi) is 5.79. The predicted octanol–water partition coefficient (Wildman–Crippen LogP) is 4.10. The number of aromatic nitrogens is 3. The van der Waals surface area contributed by atoms with Crippen molar-refractivity contribution in [1.82, 2.24) is 25.3 Å². The number of nitrogens with one attached hydrogen (secondary N) is 1. The second-order valence-corrected chi connectivity index (χ2v) is 7.04. The molecule has 150 valence electrons. The maximum Gasteiger partial charge on any atom is 0.318 e. The standard InChI is InChI=1S/C21H22FN5O2/c22-17-9-7-15(8-10-17)13-24-21(28)27-12-3-1-2-6-18(27)20-25-19(26-29-20)16-5-4-11-23-14-16/h4-5,7-11,14,18H,1-3,6,12-13H2,(H,24,28). The van der Waals surface area contributed by atoms with E-state index in [9.17, 15) is 9.18 Å². The fourth-order valence-corrected chi connectivity index (χ4v) is 3.47. The number of hydrogen-bond acceptors (Lipinski definition) is 5. The van der Waals surface area contributed by atoms with Crippen molar-refractivity contribution in [2.24, 2.45) is 0 Å². The number of benzene rings is 1. The Morgan fingerprint density at radius 1 is 1.21 bits per heavy atom. The summed E-state index contributed by atoms with van der Waals surface area (Å²) < 4.78 is 18.6. The van der Waals surface area contributed by atoms with Crippen molar-refractivity contribution in [2.45, 2.75) is 38.3 Å². The number of hydrogen-bond donors (Lipinski definition) is 1. The molecule has 1 fully saturated rings. The van der Waals surface area contributed by atoms with Crippen molar-refractivity contribution in [3.05, 3.63) is 66.1 Å². The molecule has 1 N–H and O–H groups in total. The molecule has 8 heteroatoms. The average Bonchev–Trinajstić information content (AvgIpc) is 3.11. The predicted molar refractivity (Wildman–Crippen MR) is 104 cm³/mol. The molecule has 7 nitrogen and oxygen atoms in total. The van der Waals surface area contributed by atoms with Gasteiger partial charge in [0.15, 0.2) is 0 Å². The van der Waals surface area contributed by atoms with Crippen LogP contribution in [0.1, 0.15) is 43.2 Å². The monoisotopic (exact) mass is 395 g/mol. The number of rotatable bonds is 4. The van der Waals surface area contributed by atoms with E-state index in [4.69, 9.17) is 4.52 Å². The third kappa shape index (κ3) is 4.59. The first-order valence-electron chi connectivity index (χ1n) is 9.73. The first-order chi connectivity index (χ1) is 14.2. The minimum Gasteiger partial charge on any atom is -0.337 e. The molecule has 1 saturated heterocycles. The quantitative estimate of drug-likeness (QED) is 0.719. The topological polar surface area (TPSA) is 84.2 Å². The van der Waals surface area contributed by atoms with Gasteiger partial charge in [-0.25, -0.2) is 9.18 Å². The minimum absolute atomic E-state index is 0.192. The summed E-state index contributed by atoms with van der Waals surface area (Å²) >= 11 is 0. The summed E-state index contributed by atoms with van der Waals surface area (Å²) in [7, 11) is 0. The van der Waals surface area contributed by atoms with Gasteiger partial charge in [-0.15, -0.1) is 0 Å². The highest BCUT2D eigenvalue weighted by molar-refractivity contribution is 5.74. The lowest BCUT2D eigenvalue weighted by atomic mass is 10.1. The molecule has 1 atom stereocenters. The minimum atomic E-state index is -0.298. The summed E-state index contributed by atoms with van der Waals surface area (Å²) in [4.78, 5) is 23.3. The third-order valence-corrected chi connectivity index (χ3v) is 5.02. The Morgan fingerprint density at radius 3 is 2.86 bits per heavy atom. The molecule has 0 aliphatic carbocycles. The van der Waals surface area contributed by atoms with Crippen LogP contribution in [0.25, 0.3) is 11.4 Å². The van der Waals surface area contributed by atoms with E-state index in [0.717, 1.165) is 36.8 Å². The zero-order chi connectivity index (χ0) is 20.1. The fraction of sp³-hybridized carbons (Fsp3) is 0.333. The number of amides is 2. The van der Waals surface area contributed by atoms with E-state index >= 15 is 0 Å². The summed E-state index contributed by atoms with van der Waals surface area (Å²) in [5.74, 6) is 0.597. The molecule has 2 amide bonds. The second-order valence-electron chi connectivity index (χ2n) is 7.04. The van der Waals surface area contributed by atoms with Crippen LogP contribution in [0.2, 0.25) is 0 Å². The van der Waals surface area contributed by atoms with Crippen molar-refractivity contribution < 1.29 is 13.7 Å². The SMILES string of the molecule is O=C(NCc1ccc(F)cc1)N1CCCCCC1c1nc(-c2cccnc2)no1. The molecule has 1 aromatic carbocycles. The maximum atomic E-state index is 13.1. The van der Waals surface area contributed by atoms with Crippen LogP contribution in [-0.2, 0) is 6.54 Å². The number of halogens is 1. The Hall–Kier alpha value is -3.29. The molecule has 0 saturated carbocycles. The van der Waals surface area contributed by atoms with E-state index in [2.05, 4.69) is 20.4 Å². The lowest BCUT2D eigenvalue weighted by molar-refractivity contribution is 0.158. The largest absolute Gasteiger partial charge is 0.337 e. The van der Waals surface area contributed by atoms with Crippen LogP contribution in [-0.4, -0.2) is 32.6 Å². The van der Waals surface area contributed by atoms with Gasteiger partial charge in [-0.05, 0) is 42.7 Å². The van der Waals surface area contributed by atoms with Gasteiger partial charge in [-0.3, -0.25) is 4.98 Å². The summed E-state index contributed by atoms with van der Waals surface area (Å²) in [6.45, 7) is 0.942. The van der Waals surface area contributed by atoms with Gasteiger partial charge in [-0.1, -0.05) is 30.1 Å². The summed E-state index contributed by atoms with van der Waals surface area (Å²) in [5.41, 5.74) is 1.60. The number of carbonyl (C=O) groups excluding carboxylic acids is 1. The number of urea groups is 1. The van der Waals surface area contributed by atoms with Crippen molar-refractivity contribution in [1.29, 1.82) is 0 Å². The highest BCUT2D eigenvalue weighted by Gasteiger charge is 2.31. The molecule has 2 aromatic heterocycles. The molecule has 0 bridgehead atoms. The molecule has 3 aromatic rings. The molecular formula is C21H22FN5O2. The zero-order valence-electron chi connectivity index (χ0n) is 15.9. The average molecular weight is 395 g/mol. The van der Waals surface area contributed by atoms with Gasteiger partial charge in [-0.2, -0.15) is 4.98 Å². The van der Waals surface area contributed by atoms with Crippen LogP contribution < -0.4 is 5.32 Å². The van der Waals surface area contributed by atoms with Crippen molar-refractivity contribution in [3.63, 3.8) is 0 Å². The number of pyridine rings is 1. The Balaban J connectivity index is 1.49. The Labute approximate surface area is 168 Å². The van der Waals surface area contributed by atoms with Gasteiger partial charge in [0.1, 0.15) is 11.9 Å². The Morgan fingerprint density at radius 2 is 2.07 bits per heavy atom. The summed E-state index contributed by atoms with van der Waals surface area (Å²) in [5, 5.41) is 6.99. The Bertz CT molecular complexity index is 945. The van der Waals surface area contributed by atoms with Crippen LogP contribution >= 0.6 is 0 Å². The molecule has 3 heterocycles. The van der Waals surface area contributed by atoms with E-state index in [1.165, 1.54) is 12.1 Å². The summed E-state index contributed by atoms with van der Waals surface area (Å²) in [6, 6.07) is 9.30. The van der Waals surface area contributed by atoms with Crippen LogP contribution in [0.3, 0.4) is 0 Å². The third-order valence-electron chi connectivity index (χ3n) is 5.02. The number of carbonyl (C=O) groups is 1. The van der Waals surface area contributed by atoms with Gasteiger partial charge in [0.2, 0.25) is 11.7 Å². The van der Waals surface area contributed by atoms with Crippen LogP contribution in [0, 0.1) is 5.82 Å². The normalized spacial score (nSPS) is 17.0. The molecule has 1 unspecified atom stereocenters. The van der Waals surface area contributed by atoms with E-state index in [1.54, 1.807) is 29.4 Å². The van der Waals surface area contributed by atoms with Gasteiger partial charge in [0, 0.05) is 31.0 Å². The molecule has 0 spiro atoms. The van der Waals surface area contributed by atoms with Gasteiger partial charge >= 0.3 is 6.03 Å². The molecule has 1 aliphatic heterocycles.